The van der Waals surface area contributed by atoms with Gasteiger partial charge in [0.2, 0.25) is 0 Å². The lowest BCUT2D eigenvalue weighted by atomic mass is 9.71. The predicted molar refractivity (Wildman–Crippen MR) is 119 cm³/mol. The fraction of sp³-hybridized carbons (Fsp3) is 0.792. The van der Waals surface area contributed by atoms with Crippen LogP contribution in [0.15, 0.2) is 23.3 Å². The van der Waals surface area contributed by atoms with Crippen molar-refractivity contribution in [2.45, 2.75) is 96.1 Å². The van der Waals surface area contributed by atoms with Crippen molar-refractivity contribution >= 4 is 14.1 Å². The lowest BCUT2D eigenvalue weighted by molar-refractivity contribution is -0.292. The number of Topliss-reactive ketones (excluding diaryl/α,β-unsaturated/α-hetero) is 1. The first kappa shape index (κ1) is 22.4. The Balaban J connectivity index is 1.54. The summed E-state index contributed by atoms with van der Waals surface area (Å²) in [5, 5.41) is 0.171. The minimum absolute atomic E-state index is 0.0169. The fourth-order valence-corrected chi connectivity index (χ4v) is 5.91. The van der Waals surface area contributed by atoms with E-state index in [0.29, 0.717) is 13.0 Å². The molecule has 0 amide bonds. The van der Waals surface area contributed by atoms with Gasteiger partial charge in [-0.25, -0.2) is 0 Å². The summed E-state index contributed by atoms with van der Waals surface area (Å²) in [5.41, 5.74) is 2.09. The molecule has 3 unspecified atom stereocenters. The third-order valence-corrected chi connectivity index (χ3v) is 12.3. The van der Waals surface area contributed by atoms with Gasteiger partial charge in [-0.3, -0.25) is 4.79 Å². The minimum atomic E-state index is -1.85. The van der Waals surface area contributed by atoms with Crippen LogP contribution in [-0.2, 0) is 23.4 Å². The van der Waals surface area contributed by atoms with Crippen molar-refractivity contribution < 1.29 is 23.4 Å². The summed E-state index contributed by atoms with van der Waals surface area (Å²) in [7, 11) is -1.85. The van der Waals surface area contributed by atoms with Gasteiger partial charge >= 0.3 is 0 Å². The van der Waals surface area contributed by atoms with Gasteiger partial charge in [0.25, 0.3) is 0 Å². The highest BCUT2D eigenvalue weighted by Crippen LogP contribution is 2.49. The number of fused-ring (bicyclic) bond motifs is 1. The van der Waals surface area contributed by atoms with E-state index in [0.717, 1.165) is 25.0 Å². The molecule has 0 aromatic heterocycles. The standard InChI is InChI=1S/C24H38O5Si/c1-15-8-17(13-27-30(6,7)23(3,4)5)28-24(11-15)12-19(22-14-26-22)18-10-20(25)16(2)9-21(18)29-24/h9,11,17-19,21-22H,8,10,12-14H2,1-7H3/t17-,18-,19?,21-,22?,24?/m0/s1. The third kappa shape index (κ3) is 4.39. The highest BCUT2D eigenvalue weighted by molar-refractivity contribution is 6.74. The van der Waals surface area contributed by atoms with E-state index in [9.17, 15) is 4.79 Å². The van der Waals surface area contributed by atoms with Crippen LogP contribution in [-0.4, -0.2) is 51.4 Å². The van der Waals surface area contributed by atoms with Gasteiger partial charge in [-0.1, -0.05) is 26.3 Å². The molecule has 2 fully saturated rings. The van der Waals surface area contributed by atoms with Gasteiger partial charge in [0.15, 0.2) is 19.9 Å². The summed E-state index contributed by atoms with van der Waals surface area (Å²) >= 11 is 0. The molecule has 1 aliphatic carbocycles. The molecular formula is C24H38O5Si. The normalized spacial score (nSPS) is 39.4. The Hall–Kier alpha value is -0.793. The fourth-order valence-electron chi connectivity index (χ4n) is 4.87. The molecule has 0 saturated carbocycles. The Morgan fingerprint density at radius 1 is 1.17 bits per heavy atom. The Morgan fingerprint density at radius 2 is 1.87 bits per heavy atom. The lowest BCUT2D eigenvalue weighted by Crippen LogP contribution is -2.55. The number of ketones is 1. The molecule has 4 rings (SSSR count). The molecule has 3 heterocycles. The van der Waals surface area contributed by atoms with E-state index in [1.54, 1.807) is 0 Å². The van der Waals surface area contributed by atoms with Crippen LogP contribution in [0.1, 0.15) is 53.9 Å². The third-order valence-electron chi connectivity index (χ3n) is 7.76. The SMILES string of the molecule is CC1=CC2(CC(C3CO3)[C@@H]3CC(=O)C(C)=C[C@@H]3O2)O[C@H](CO[Si](C)(C)C(C)(C)C)C1. The zero-order valence-corrected chi connectivity index (χ0v) is 20.6. The lowest BCUT2D eigenvalue weighted by Gasteiger charge is -2.50. The predicted octanol–water partition coefficient (Wildman–Crippen LogP) is 4.78. The smallest absolute Gasteiger partial charge is 0.192 e. The summed E-state index contributed by atoms with van der Waals surface area (Å²) < 4.78 is 25.4. The molecule has 0 aromatic rings. The van der Waals surface area contributed by atoms with E-state index in [1.165, 1.54) is 5.57 Å². The van der Waals surface area contributed by atoms with Crippen molar-refractivity contribution in [3.8, 4) is 0 Å². The van der Waals surface area contributed by atoms with Crippen molar-refractivity contribution in [2.24, 2.45) is 11.8 Å². The molecule has 6 heteroatoms. The summed E-state index contributed by atoms with van der Waals surface area (Å²) in [5.74, 6) is -0.0568. The largest absolute Gasteiger partial charge is 0.414 e. The van der Waals surface area contributed by atoms with Crippen LogP contribution in [0.5, 0.6) is 0 Å². The monoisotopic (exact) mass is 434 g/mol. The highest BCUT2D eigenvalue weighted by atomic mass is 28.4. The molecule has 0 aromatic carbocycles. The number of allylic oxidation sites excluding steroid dienone is 1. The first-order valence-corrected chi connectivity index (χ1v) is 14.3. The van der Waals surface area contributed by atoms with Gasteiger partial charge in [0.05, 0.1) is 31.5 Å². The second-order valence-electron chi connectivity index (χ2n) is 11.3. The second-order valence-corrected chi connectivity index (χ2v) is 16.1. The molecule has 168 valence electrons. The van der Waals surface area contributed by atoms with E-state index >= 15 is 0 Å². The molecule has 3 aliphatic heterocycles. The van der Waals surface area contributed by atoms with Crippen LogP contribution in [0.25, 0.3) is 0 Å². The van der Waals surface area contributed by atoms with Gasteiger partial charge in [-0.15, -0.1) is 0 Å². The van der Waals surface area contributed by atoms with Crippen LogP contribution in [0.3, 0.4) is 0 Å². The Morgan fingerprint density at radius 3 is 2.50 bits per heavy atom. The van der Waals surface area contributed by atoms with Crippen LogP contribution in [0, 0.1) is 11.8 Å². The molecule has 1 spiro atoms. The molecule has 6 atom stereocenters. The van der Waals surface area contributed by atoms with Crippen LogP contribution >= 0.6 is 0 Å². The van der Waals surface area contributed by atoms with Crippen molar-refractivity contribution in [3.63, 3.8) is 0 Å². The molecule has 5 nitrogen and oxygen atoms in total. The van der Waals surface area contributed by atoms with E-state index in [1.807, 2.05) is 13.0 Å². The zero-order chi connectivity index (χ0) is 21.9. The second kappa shape index (κ2) is 7.66. The van der Waals surface area contributed by atoms with E-state index in [4.69, 9.17) is 18.6 Å². The molecular weight excluding hydrogens is 396 g/mol. The maximum Gasteiger partial charge on any atom is 0.192 e. The molecule has 0 N–H and O–H groups in total. The average molecular weight is 435 g/mol. The first-order chi connectivity index (χ1) is 13.9. The number of carbonyl (C=O) groups excluding carboxylic acids is 1. The van der Waals surface area contributed by atoms with Gasteiger partial charge in [0, 0.05) is 18.8 Å². The summed E-state index contributed by atoms with van der Waals surface area (Å²) in [6.07, 6.45) is 6.44. The molecule has 0 bridgehead atoms. The number of hydrogen-bond acceptors (Lipinski definition) is 5. The van der Waals surface area contributed by atoms with Crippen molar-refractivity contribution in [2.75, 3.05) is 13.2 Å². The van der Waals surface area contributed by atoms with Gasteiger partial charge < -0.3 is 18.6 Å². The minimum Gasteiger partial charge on any atom is -0.414 e. The number of hydrogen-bond donors (Lipinski definition) is 0. The number of ether oxygens (including phenoxy) is 3. The van der Waals surface area contributed by atoms with Crippen LogP contribution in [0.4, 0.5) is 0 Å². The maximum absolute atomic E-state index is 12.3. The topological polar surface area (TPSA) is 57.3 Å². The number of rotatable bonds is 4. The Labute approximate surface area is 182 Å². The highest BCUT2D eigenvalue weighted by Gasteiger charge is 2.54. The zero-order valence-electron chi connectivity index (χ0n) is 19.6. The summed E-state index contributed by atoms with van der Waals surface area (Å²) in [6, 6.07) is 0. The van der Waals surface area contributed by atoms with Gasteiger partial charge in [0.1, 0.15) is 0 Å². The Bertz CT molecular complexity index is 760. The average Bonchev–Trinajstić information content (AvgIpc) is 3.44. The summed E-state index contributed by atoms with van der Waals surface area (Å²) in [4.78, 5) is 12.3. The van der Waals surface area contributed by atoms with E-state index in [-0.39, 0.29) is 41.0 Å². The van der Waals surface area contributed by atoms with E-state index < -0.39 is 14.1 Å². The first-order valence-electron chi connectivity index (χ1n) is 11.4. The van der Waals surface area contributed by atoms with Crippen molar-refractivity contribution in [1.82, 2.24) is 0 Å². The van der Waals surface area contributed by atoms with Gasteiger partial charge in [-0.05, 0) is 62.0 Å². The van der Waals surface area contributed by atoms with Crippen LogP contribution in [0.2, 0.25) is 18.1 Å². The number of carbonyl (C=O) groups is 1. The quantitative estimate of drug-likeness (QED) is 0.362. The molecule has 2 saturated heterocycles. The summed E-state index contributed by atoms with van der Waals surface area (Å²) in [6.45, 7) is 16.8. The van der Waals surface area contributed by atoms with Crippen LogP contribution < -0.4 is 0 Å². The maximum atomic E-state index is 12.3. The van der Waals surface area contributed by atoms with Crippen molar-refractivity contribution in [3.05, 3.63) is 23.3 Å². The molecule has 30 heavy (non-hydrogen) atoms. The molecule has 4 aliphatic rings. The van der Waals surface area contributed by atoms with Gasteiger partial charge in [-0.2, -0.15) is 0 Å². The molecule has 0 radical (unpaired) electrons. The van der Waals surface area contributed by atoms with E-state index in [2.05, 4.69) is 46.9 Å². The van der Waals surface area contributed by atoms with Crippen molar-refractivity contribution in [1.29, 1.82) is 0 Å². The number of epoxide rings is 1. The Kier molecular flexibility index (Phi) is 5.72.